The summed E-state index contributed by atoms with van der Waals surface area (Å²) in [4.78, 5) is 6.99. The maximum Gasteiger partial charge on any atom is 0.191 e. The van der Waals surface area contributed by atoms with E-state index in [0.717, 1.165) is 37.4 Å². The number of piperidine rings is 1. The third kappa shape index (κ3) is 6.42. The number of hydrogen-bond donors (Lipinski definition) is 2. The first-order valence-corrected chi connectivity index (χ1v) is 10.0. The lowest BCUT2D eigenvalue weighted by atomic mass is 9.85. The number of hydrogen-bond acceptors (Lipinski definition) is 2. The Bertz CT molecular complexity index is 451. The number of nitrogens with one attached hydrogen (secondary N) is 2. The zero-order valence-electron chi connectivity index (χ0n) is 16.1. The molecule has 2 saturated carbocycles. The molecule has 144 valence electrons. The molecule has 2 unspecified atom stereocenters. The van der Waals surface area contributed by atoms with E-state index >= 15 is 0 Å². The number of rotatable bonds is 5. The lowest BCUT2D eigenvalue weighted by Crippen LogP contribution is -2.49. The molecule has 0 aromatic rings. The largest absolute Gasteiger partial charge is 0.354 e. The average molecular weight is 460 g/mol. The van der Waals surface area contributed by atoms with Crippen molar-refractivity contribution in [2.75, 3.05) is 26.7 Å². The normalized spacial score (nSPS) is 29.0. The SMILES string of the molecule is C=C(C)CN1CCC(NC(=NC)NC2CC2C2CCCCC2)CC1.I. The lowest BCUT2D eigenvalue weighted by molar-refractivity contribution is 0.221. The summed E-state index contributed by atoms with van der Waals surface area (Å²) in [6.07, 6.45) is 11.0. The van der Waals surface area contributed by atoms with Gasteiger partial charge in [-0.3, -0.25) is 9.89 Å². The molecular weight excluding hydrogens is 423 g/mol. The first kappa shape index (κ1) is 21.0. The fourth-order valence-electron chi connectivity index (χ4n) is 4.62. The van der Waals surface area contributed by atoms with E-state index in [9.17, 15) is 0 Å². The molecular formula is C20H37IN4. The Morgan fingerprint density at radius 1 is 1.08 bits per heavy atom. The van der Waals surface area contributed by atoms with E-state index in [1.165, 1.54) is 56.9 Å². The summed E-state index contributed by atoms with van der Waals surface area (Å²) in [5.41, 5.74) is 1.27. The van der Waals surface area contributed by atoms with Gasteiger partial charge in [-0.25, -0.2) is 0 Å². The van der Waals surface area contributed by atoms with Crippen LogP contribution in [0.15, 0.2) is 17.1 Å². The van der Waals surface area contributed by atoms with Gasteiger partial charge < -0.3 is 10.6 Å². The molecule has 0 spiro atoms. The number of likely N-dealkylation sites (tertiary alicyclic amines) is 1. The quantitative estimate of drug-likeness (QED) is 0.284. The molecule has 1 heterocycles. The number of aliphatic imine (C=N–C) groups is 1. The van der Waals surface area contributed by atoms with Crippen LogP contribution in [0.4, 0.5) is 0 Å². The fourth-order valence-corrected chi connectivity index (χ4v) is 4.62. The van der Waals surface area contributed by atoms with Crippen LogP contribution in [0.5, 0.6) is 0 Å². The Morgan fingerprint density at radius 2 is 1.76 bits per heavy atom. The van der Waals surface area contributed by atoms with Gasteiger partial charge >= 0.3 is 0 Å². The van der Waals surface area contributed by atoms with Crippen LogP contribution in [-0.2, 0) is 0 Å². The molecule has 5 heteroatoms. The van der Waals surface area contributed by atoms with E-state index in [4.69, 9.17) is 0 Å². The third-order valence-electron chi connectivity index (χ3n) is 6.06. The lowest BCUT2D eigenvalue weighted by Gasteiger charge is -2.33. The molecule has 0 aromatic carbocycles. The van der Waals surface area contributed by atoms with Crippen LogP contribution < -0.4 is 10.6 Å². The molecule has 2 aliphatic carbocycles. The zero-order valence-corrected chi connectivity index (χ0v) is 18.4. The van der Waals surface area contributed by atoms with Crippen molar-refractivity contribution in [3.05, 3.63) is 12.2 Å². The third-order valence-corrected chi connectivity index (χ3v) is 6.06. The molecule has 1 aliphatic heterocycles. The highest BCUT2D eigenvalue weighted by Gasteiger charge is 2.43. The second-order valence-electron chi connectivity index (χ2n) is 8.27. The van der Waals surface area contributed by atoms with Gasteiger partial charge in [0.15, 0.2) is 5.96 Å². The van der Waals surface area contributed by atoms with Gasteiger partial charge in [-0.2, -0.15) is 0 Å². The first-order chi connectivity index (χ1) is 11.7. The van der Waals surface area contributed by atoms with E-state index in [0.29, 0.717) is 12.1 Å². The minimum atomic E-state index is 0. The van der Waals surface area contributed by atoms with Crippen LogP contribution in [0.1, 0.15) is 58.3 Å². The van der Waals surface area contributed by atoms with E-state index in [2.05, 4.69) is 34.0 Å². The fraction of sp³-hybridized carbons (Fsp3) is 0.850. The molecule has 3 aliphatic rings. The predicted molar refractivity (Wildman–Crippen MR) is 118 cm³/mol. The Morgan fingerprint density at radius 3 is 2.36 bits per heavy atom. The van der Waals surface area contributed by atoms with E-state index < -0.39 is 0 Å². The smallest absolute Gasteiger partial charge is 0.191 e. The number of halogens is 1. The monoisotopic (exact) mass is 460 g/mol. The maximum atomic E-state index is 4.48. The summed E-state index contributed by atoms with van der Waals surface area (Å²) < 4.78 is 0. The summed E-state index contributed by atoms with van der Waals surface area (Å²) in [7, 11) is 1.91. The van der Waals surface area contributed by atoms with Crippen LogP contribution in [0.25, 0.3) is 0 Å². The van der Waals surface area contributed by atoms with Crippen LogP contribution in [-0.4, -0.2) is 49.6 Å². The first-order valence-electron chi connectivity index (χ1n) is 10.0. The van der Waals surface area contributed by atoms with Crippen molar-refractivity contribution in [1.29, 1.82) is 0 Å². The van der Waals surface area contributed by atoms with Crippen molar-refractivity contribution in [1.82, 2.24) is 15.5 Å². The molecule has 1 saturated heterocycles. The molecule has 3 fully saturated rings. The number of guanidine groups is 1. The summed E-state index contributed by atoms with van der Waals surface area (Å²) in [5, 5.41) is 7.35. The second kappa shape index (κ2) is 10.1. The Hall–Kier alpha value is -0.300. The molecule has 2 atom stereocenters. The highest BCUT2D eigenvalue weighted by Crippen LogP contribution is 2.44. The molecule has 4 nitrogen and oxygen atoms in total. The Labute approximate surface area is 171 Å². The minimum absolute atomic E-state index is 0. The molecule has 0 radical (unpaired) electrons. The van der Waals surface area contributed by atoms with Gasteiger partial charge in [0, 0.05) is 38.8 Å². The van der Waals surface area contributed by atoms with Gasteiger partial charge in [-0.1, -0.05) is 44.3 Å². The van der Waals surface area contributed by atoms with Crippen LogP contribution in [0.2, 0.25) is 0 Å². The summed E-state index contributed by atoms with van der Waals surface area (Å²) in [5.74, 6) is 2.90. The summed E-state index contributed by atoms with van der Waals surface area (Å²) in [6, 6.07) is 1.23. The Kier molecular flexibility index (Phi) is 8.52. The number of nitrogens with zero attached hydrogens (tertiary/aromatic N) is 2. The van der Waals surface area contributed by atoms with Crippen molar-refractivity contribution in [2.45, 2.75) is 70.4 Å². The van der Waals surface area contributed by atoms with E-state index in [-0.39, 0.29) is 24.0 Å². The minimum Gasteiger partial charge on any atom is -0.354 e. The highest BCUT2D eigenvalue weighted by atomic mass is 127. The van der Waals surface area contributed by atoms with Crippen LogP contribution >= 0.6 is 24.0 Å². The standard InChI is InChI=1S/C20H36N4.HI/c1-15(2)14-24-11-9-17(10-12-24)22-20(21-3)23-19-13-18(19)16-7-5-4-6-8-16;/h16-19H,1,4-14H2,2-3H3,(H2,21,22,23);1H. The van der Waals surface area contributed by atoms with Crippen LogP contribution in [0, 0.1) is 11.8 Å². The summed E-state index contributed by atoms with van der Waals surface area (Å²) >= 11 is 0. The van der Waals surface area contributed by atoms with Crippen molar-refractivity contribution in [3.63, 3.8) is 0 Å². The van der Waals surface area contributed by atoms with Gasteiger partial charge in [-0.15, -0.1) is 24.0 Å². The maximum absolute atomic E-state index is 4.48. The van der Waals surface area contributed by atoms with Crippen molar-refractivity contribution >= 4 is 29.9 Å². The van der Waals surface area contributed by atoms with Gasteiger partial charge in [0.1, 0.15) is 0 Å². The second-order valence-corrected chi connectivity index (χ2v) is 8.27. The van der Waals surface area contributed by atoms with Crippen molar-refractivity contribution in [3.8, 4) is 0 Å². The van der Waals surface area contributed by atoms with Gasteiger partial charge in [0.2, 0.25) is 0 Å². The molecule has 3 rings (SSSR count). The average Bonchev–Trinajstić information content (AvgIpc) is 3.35. The van der Waals surface area contributed by atoms with Crippen molar-refractivity contribution < 1.29 is 0 Å². The Balaban J connectivity index is 0.00000225. The van der Waals surface area contributed by atoms with E-state index in [1.54, 1.807) is 0 Å². The molecule has 2 N–H and O–H groups in total. The summed E-state index contributed by atoms with van der Waals surface area (Å²) in [6.45, 7) is 9.52. The zero-order chi connectivity index (χ0) is 16.9. The molecule has 0 bridgehead atoms. The van der Waals surface area contributed by atoms with Crippen LogP contribution in [0.3, 0.4) is 0 Å². The predicted octanol–water partition coefficient (Wildman–Crippen LogP) is 3.78. The van der Waals surface area contributed by atoms with Gasteiger partial charge in [0.05, 0.1) is 0 Å². The van der Waals surface area contributed by atoms with Crippen molar-refractivity contribution in [2.24, 2.45) is 16.8 Å². The van der Waals surface area contributed by atoms with Gasteiger partial charge in [0.25, 0.3) is 0 Å². The highest BCUT2D eigenvalue weighted by molar-refractivity contribution is 14.0. The van der Waals surface area contributed by atoms with Gasteiger partial charge in [-0.05, 0) is 38.0 Å². The molecule has 25 heavy (non-hydrogen) atoms. The topological polar surface area (TPSA) is 39.7 Å². The molecule has 0 amide bonds. The molecule has 0 aromatic heterocycles. The van der Waals surface area contributed by atoms with E-state index in [1.807, 2.05) is 7.05 Å².